The molecule has 30 heavy (non-hydrogen) atoms. The molecule has 2 atom stereocenters. The minimum atomic E-state index is -5.08. The highest BCUT2D eigenvalue weighted by Gasteiger charge is 2.39. The molecule has 2 aromatic rings. The summed E-state index contributed by atoms with van der Waals surface area (Å²) in [6.45, 7) is 2.61. The molecule has 1 amide bonds. The van der Waals surface area contributed by atoms with Crippen LogP contribution in [0.15, 0.2) is 29.1 Å². The van der Waals surface area contributed by atoms with Crippen molar-refractivity contribution in [1.82, 2.24) is 19.6 Å². The molecule has 0 unspecified atom stereocenters. The maximum absolute atomic E-state index is 12.9. The minimum absolute atomic E-state index is 0.0643. The molecule has 0 bridgehead atoms. The van der Waals surface area contributed by atoms with E-state index < -0.39 is 12.1 Å². The Bertz CT molecular complexity index is 875. The average molecular weight is 430 g/mol. The van der Waals surface area contributed by atoms with Crippen LogP contribution in [0.5, 0.6) is 0 Å². The number of hydrogen-bond acceptors (Lipinski definition) is 5. The predicted molar refractivity (Wildman–Crippen MR) is 101 cm³/mol. The van der Waals surface area contributed by atoms with Gasteiger partial charge in [0.25, 0.3) is 5.91 Å². The van der Waals surface area contributed by atoms with Crippen LogP contribution in [0.3, 0.4) is 0 Å². The van der Waals surface area contributed by atoms with Gasteiger partial charge >= 0.3 is 12.1 Å². The first-order valence-electron chi connectivity index (χ1n) is 9.21. The molecule has 0 saturated carbocycles. The number of carboxylic acids is 1. The molecule has 1 N–H and O–H groups in total. The van der Waals surface area contributed by atoms with Gasteiger partial charge in [0.2, 0.25) is 0 Å². The summed E-state index contributed by atoms with van der Waals surface area (Å²) in [6, 6.07) is 2.27. The van der Waals surface area contributed by atoms with Crippen molar-refractivity contribution in [3.8, 4) is 0 Å². The van der Waals surface area contributed by atoms with Crippen LogP contribution in [0.1, 0.15) is 28.1 Å². The number of rotatable bonds is 4. The molecule has 166 valence electrons. The molecular weight excluding hydrogens is 405 g/mol. The van der Waals surface area contributed by atoms with Gasteiger partial charge in [-0.05, 0) is 45.5 Å². The van der Waals surface area contributed by atoms with Crippen molar-refractivity contribution in [3.63, 3.8) is 0 Å². The zero-order valence-electron chi connectivity index (χ0n) is 17.2. The normalized spacial score (nSPS) is 19.0. The molecule has 8 nitrogen and oxygen atoms in total. The molecule has 11 heteroatoms. The Morgan fingerprint density at radius 1 is 1.37 bits per heavy atom. The Kier molecular flexibility index (Phi) is 7.30. The molecule has 3 heterocycles. The Hall–Kier alpha value is -2.82. The van der Waals surface area contributed by atoms with Crippen molar-refractivity contribution in [1.29, 1.82) is 0 Å². The summed E-state index contributed by atoms with van der Waals surface area (Å²) < 4.78 is 38.8. The number of halogens is 3. The monoisotopic (exact) mass is 430 g/mol. The van der Waals surface area contributed by atoms with E-state index in [9.17, 15) is 18.0 Å². The number of carbonyl (C=O) groups is 2. The molecule has 1 saturated heterocycles. The van der Waals surface area contributed by atoms with Crippen molar-refractivity contribution in [2.45, 2.75) is 38.0 Å². The molecule has 1 aliphatic rings. The molecule has 0 radical (unpaired) electrons. The molecule has 0 aliphatic carbocycles. The Morgan fingerprint density at radius 2 is 2.00 bits per heavy atom. The third kappa shape index (κ3) is 5.62. The number of aryl methyl sites for hydroxylation is 2. The van der Waals surface area contributed by atoms with Crippen LogP contribution in [0, 0.1) is 6.92 Å². The number of carbonyl (C=O) groups excluding carboxylic acids is 1. The van der Waals surface area contributed by atoms with Crippen LogP contribution in [-0.4, -0.2) is 75.5 Å². The van der Waals surface area contributed by atoms with Crippen molar-refractivity contribution >= 4 is 11.9 Å². The minimum Gasteiger partial charge on any atom is -0.475 e. The van der Waals surface area contributed by atoms with Crippen LogP contribution in [-0.2, 0) is 18.3 Å². The van der Waals surface area contributed by atoms with E-state index in [1.807, 2.05) is 31.3 Å². The first-order chi connectivity index (χ1) is 13.9. The van der Waals surface area contributed by atoms with E-state index in [-0.39, 0.29) is 11.9 Å². The number of aromatic nitrogens is 2. The van der Waals surface area contributed by atoms with Gasteiger partial charge in [0, 0.05) is 25.8 Å². The number of hydrogen-bond donors (Lipinski definition) is 1. The average Bonchev–Trinajstić information content (AvgIpc) is 3.35. The number of likely N-dealkylation sites (N-methyl/N-ethyl adjacent to an activating group) is 1. The zero-order valence-corrected chi connectivity index (χ0v) is 17.2. The number of nitrogens with zero attached hydrogens (tertiary/aromatic N) is 4. The van der Waals surface area contributed by atoms with E-state index in [1.54, 1.807) is 17.0 Å². The molecular formula is C19H25F3N4O4. The third-order valence-electron chi connectivity index (χ3n) is 4.97. The SMILES string of the molecule is Cc1occc1C(=O)N1CC[C@@H](N(C)C)[C@@H]1Cc1cnn(C)c1.O=C(O)C(F)(F)F. The van der Waals surface area contributed by atoms with Crippen LogP contribution in [0.4, 0.5) is 13.2 Å². The number of alkyl halides is 3. The van der Waals surface area contributed by atoms with Crippen molar-refractivity contribution in [3.05, 3.63) is 41.6 Å². The van der Waals surface area contributed by atoms with E-state index >= 15 is 0 Å². The molecule has 0 aromatic carbocycles. The van der Waals surface area contributed by atoms with Crippen LogP contribution in [0.2, 0.25) is 0 Å². The van der Waals surface area contributed by atoms with Gasteiger partial charge in [-0.25, -0.2) is 4.79 Å². The molecule has 1 fully saturated rings. The molecule has 1 aliphatic heterocycles. The number of aliphatic carboxylic acids is 1. The zero-order chi connectivity index (χ0) is 22.6. The molecule has 3 rings (SSSR count). The van der Waals surface area contributed by atoms with E-state index in [0.29, 0.717) is 17.4 Å². The first kappa shape index (κ1) is 23.5. The Morgan fingerprint density at radius 3 is 2.43 bits per heavy atom. The van der Waals surface area contributed by atoms with E-state index in [0.717, 1.165) is 24.9 Å². The van der Waals surface area contributed by atoms with E-state index in [4.69, 9.17) is 14.3 Å². The number of likely N-dealkylation sites (tertiary alicyclic amines) is 1. The second-order valence-electron chi connectivity index (χ2n) is 7.31. The Balaban J connectivity index is 0.000000396. The lowest BCUT2D eigenvalue weighted by Gasteiger charge is -2.31. The maximum atomic E-state index is 12.9. The van der Waals surface area contributed by atoms with Crippen LogP contribution >= 0.6 is 0 Å². The second kappa shape index (κ2) is 9.33. The number of furan rings is 1. The number of carboxylic acid groups (broad SMARTS) is 1. The fourth-order valence-corrected chi connectivity index (χ4v) is 3.52. The van der Waals surface area contributed by atoms with E-state index in [1.165, 1.54) is 0 Å². The summed E-state index contributed by atoms with van der Waals surface area (Å²) in [6.07, 6.45) is 2.21. The second-order valence-corrected chi connectivity index (χ2v) is 7.31. The van der Waals surface area contributed by atoms with Gasteiger partial charge in [0.1, 0.15) is 5.76 Å². The van der Waals surface area contributed by atoms with Crippen LogP contribution < -0.4 is 0 Å². The standard InChI is InChI=1S/C17H24N4O2.C2HF3O2/c1-12-14(6-8-23-12)17(22)21-7-5-15(19(2)3)16(21)9-13-10-18-20(4)11-13;3-2(4,5)1(6)7/h6,8,10-11,15-16H,5,7,9H2,1-4H3;(H,6,7)/t15-,16+;/m1./s1. The van der Waals surface area contributed by atoms with E-state index in [2.05, 4.69) is 24.1 Å². The summed E-state index contributed by atoms with van der Waals surface area (Å²) in [5.41, 5.74) is 1.83. The fourth-order valence-electron chi connectivity index (χ4n) is 3.52. The highest BCUT2D eigenvalue weighted by molar-refractivity contribution is 5.95. The highest BCUT2D eigenvalue weighted by atomic mass is 19.4. The Labute approximate surface area is 171 Å². The summed E-state index contributed by atoms with van der Waals surface area (Å²) in [5, 5.41) is 11.4. The highest BCUT2D eigenvalue weighted by Crippen LogP contribution is 2.27. The van der Waals surface area contributed by atoms with Gasteiger partial charge in [0.15, 0.2) is 0 Å². The number of amides is 1. The van der Waals surface area contributed by atoms with Gasteiger partial charge in [-0.15, -0.1) is 0 Å². The molecule has 0 spiro atoms. The maximum Gasteiger partial charge on any atom is 0.490 e. The summed E-state index contributed by atoms with van der Waals surface area (Å²) in [7, 11) is 6.08. The van der Waals surface area contributed by atoms with Gasteiger partial charge in [-0.3, -0.25) is 9.48 Å². The van der Waals surface area contributed by atoms with Gasteiger partial charge in [-0.1, -0.05) is 0 Å². The van der Waals surface area contributed by atoms with Crippen molar-refractivity contribution in [2.75, 3.05) is 20.6 Å². The third-order valence-corrected chi connectivity index (χ3v) is 4.97. The van der Waals surface area contributed by atoms with Gasteiger partial charge in [0.05, 0.1) is 24.1 Å². The fraction of sp³-hybridized carbons (Fsp3) is 0.526. The van der Waals surface area contributed by atoms with Gasteiger partial charge < -0.3 is 19.3 Å². The first-order valence-corrected chi connectivity index (χ1v) is 9.21. The largest absolute Gasteiger partial charge is 0.490 e. The lowest BCUT2D eigenvalue weighted by molar-refractivity contribution is -0.192. The summed E-state index contributed by atoms with van der Waals surface area (Å²) in [4.78, 5) is 26.0. The van der Waals surface area contributed by atoms with Gasteiger partial charge in [-0.2, -0.15) is 18.3 Å². The lowest BCUT2D eigenvalue weighted by Crippen LogP contribution is -2.45. The van der Waals surface area contributed by atoms with Crippen molar-refractivity contribution < 1.29 is 32.3 Å². The predicted octanol–water partition coefficient (Wildman–Crippen LogP) is 2.34. The van der Waals surface area contributed by atoms with Crippen molar-refractivity contribution in [2.24, 2.45) is 7.05 Å². The lowest BCUT2D eigenvalue weighted by atomic mass is 10.0. The topological polar surface area (TPSA) is 91.8 Å². The summed E-state index contributed by atoms with van der Waals surface area (Å²) >= 11 is 0. The molecule has 2 aromatic heterocycles. The van der Waals surface area contributed by atoms with Crippen LogP contribution in [0.25, 0.3) is 0 Å². The smallest absolute Gasteiger partial charge is 0.475 e. The quantitative estimate of drug-likeness (QED) is 0.801. The summed E-state index contributed by atoms with van der Waals surface area (Å²) in [5.74, 6) is -2.01.